The summed E-state index contributed by atoms with van der Waals surface area (Å²) in [5, 5.41) is 12.6. The Morgan fingerprint density at radius 1 is 1.39 bits per heavy atom. The standard InChI is InChI=1S/C21H20ClFN4O/c1-13(14-7-8-15(17(23)9-14)21(2,3)11-24)26-19(28)10-27-12-25-18-6-4-5-16(22)20(18)27/h4-9,12-13H,10H2,1-3H3,(H,26,28)/t13-/m1/s1. The number of nitrogens with one attached hydrogen (secondary N) is 1. The molecule has 5 nitrogen and oxygen atoms in total. The first-order valence-electron chi connectivity index (χ1n) is 8.83. The van der Waals surface area contributed by atoms with Crippen molar-refractivity contribution in [2.24, 2.45) is 0 Å². The van der Waals surface area contributed by atoms with Crippen molar-refractivity contribution in [1.29, 1.82) is 5.26 Å². The number of nitriles is 1. The van der Waals surface area contributed by atoms with Crippen molar-refractivity contribution in [2.75, 3.05) is 0 Å². The van der Waals surface area contributed by atoms with Crippen molar-refractivity contribution in [3.63, 3.8) is 0 Å². The highest BCUT2D eigenvalue weighted by Gasteiger charge is 2.24. The van der Waals surface area contributed by atoms with E-state index in [1.54, 1.807) is 55.9 Å². The van der Waals surface area contributed by atoms with E-state index in [-0.39, 0.29) is 12.5 Å². The number of halogens is 2. The zero-order chi connectivity index (χ0) is 20.5. The molecule has 0 radical (unpaired) electrons. The van der Waals surface area contributed by atoms with E-state index in [9.17, 15) is 14.4 Å². The Labute approximate surface area is 167 Å². The van der Waals surface area contributed by atoms with E-state index in [0.717, 1.165) is 0 Å². The largest absolute Gasteiger partial charge is 0.348 e. The molecule has 0 bridgehead atoms. The highest BCUT2D eigenvalue weighted by molar-refractivity contribution is 6.35. The van der Waals surface area contributed by atoms with Gasteiger partial charge in [0, 0.05) is 5.56 Å². The van der Waals surface area contributed by atoms with Crippen molar-refractivity contribution < 1.29 is 9.18 Å². The molecule has 0 saturated carbocycles. The van der Waals surface area contributed by atoms with Crippen LogP contribution in [0.2, 0.25) is 5.02 Å². The van der Waals surface area contributed by atoms with E-state index >= 15 is 0 Å². The van der Waals surface area contributed by atoms with Crippen LogP contribution >= 0.6 is 11.6 Å². The van der Waals surface area contributed by atoms with Gasteiger partial charge in [0.15, 0.2) is 0 Å². The van der Waals surface area contributed by atoms with Crippen LogP contribution in [0.25, 0.3) is 11.0 Å². The Bertz CT molecular complexity index is 1080. The molecule has 3 aromatic rings. The van der Waals surface area contributed by atoms with Gasteiger partial charge in [-0.15, -0.1) is 0 Å². The third kappa shape index (κ3) is 3.85. The molecule has 1 heterocycles. The van der Waals surface area contributed by atoms with Crippen LogP contribution in [-0.2, 0) is 16.8 Å². The molecule has 1 N–H and O–H groups in total. The fourth-order valence-electron chi connectivity index (χ4n) is 3.09. The zero-order valence-electron chi connectivity index (χ0n) is 15.8. The van der Waals surface area contributed by atoms with Crippen molar-refractivity contribution in [1.82, 2.24) is 14.9 Å². The number of hydrogen-bond donors (Lipinski definition) is 1. The number of carbonyl (C=O) groups is 1. The number of aromatic nitrogens is 2. The number of carbonyl (C=O) groups excluding carboxylic acids is 1. The molecular formula is C21H20ClFN4O. The van der Waals surface area contributed by atoms with Crippen molar-refractivity contribution in [3.05, 3.63) is 64.7 Å². The van der Waals surface area contributed by atoms with E-state index < -0.39 is 17.3 Å². The fourth-order valence-corrected chi connectivity index (χ4v) is 3.37. The second kappa shape index (κ2) is 7.61. The first kappa shape index (κ1) is 19.8. The molecule has 2 aromatic carbocycles. The molecule has 0 spiro atoms. The molecule has 0 unspecified atom stereocenters. The summed E-state index contributed by atoms with van der Waals surface area (Å²) >= 11 is 6.21. The summed E-state index contributed by atoms with van der Waals surface area (Å²) < 4.78 is 16.1. The van der Waals surface area contributed by atoms with E-state index in [0.29, 0.717) is 27.2 Å². The third-order valence-electron chi connectivity index (χ3n) is 4.73. The predicted molar refractivity (Wildman–Crippen MR) is 106 cm³/mol. The zero-order valence-corrected chi connectivity index (χ0v) is 16.6. The molecular weight excluding hydrogens is 379 g/mol. The first-order valence-corrected chi connectivity index (χ1v) is 9.20. The fraction of sp³-hybridized carbons (Fsp3) is 0.286. The summed E-state index contributed by atoms with van der Waals surface area (Å²) in [6.45, 7) is 5.15. The monoisotopic (exact) mass is 398 g/mol. The van der Waals surface area contributed by atoms with Crippen LogP contribution in [0.15, 0.2) is 42.7 Å². The van der Waals surface area contributed by atoms with Gasteiger partial charge in [0.1, 0.15) is 12.4 Å². The summed E-state index contributed by atoms with van der Waals surface area (Å²) in [6, 6.07) is 11.8. The number of benzene rings is 2. The molecule has 28 heavy (non-hydrogen) atoms. The second-order valence-electron chi connectivity index (χ2n) is 7.25. The lowest BCUT2D eigenvalue weighted by Gasteiger charge is -2.20. The summed E-state index contributed by atoms with van der Waals surface area (Å²) in [7, 11) is 0. The van der Waals surface area contributed by atoms with Crippen LogP contribution in [0.1, 0.15) is 37.9 Å². The van der Waals surface area contributed by atoms with Crippen LogP contribution < -0.4 is 5.32 Å². The van der Waals surface area contributed by atoms with Gasteiger partial charge in [0.05, 0.1) is 39.9 Å². The van der Waals surface area contributed by atoms with Gasteiger partial charge in [-0.2, -0.15) is 5.26 Å². The van der Waals surface area contributed by atoms with E-state index in [1.807, 2.05) is 6.07 Å². The van der Waals surface area contributed by atoms with Gasteiger partial charge in [-0.3, -0.25) is 4.79 Å². The smallest absolute Gasteiger partial charge is 0.240 e. The van der Waals surface area contributed by atoms with Gasteiger partial charge in [0.25, 0.3) is 0 Å². The Kier molecular flexibility index (Phi) is 5.39. The van der Waals surface area contributed by atoms with Crippen LogP contribution in [0.5, 0.6) is 0 Å². The van der Waals surface area contributed by atoms with Crippen LogP contribution in [0.3, 0.4) is 0 Å². The van der Waals surface area contributed by atoms with Crippen molar-refractivity contribution in [2.45, 2.75) is 38.8 Å². The molecule has 1 atom stereocenters. The maximum absolute atomic E-state index is 14.5. The van der Waals surface area contributed by atoms with Gasteiger partial charge in [-0.25, -0.2) is 9.37 Å². The molecule has 1 amide bonds. The molecule has 0 aliphatic carbocycles. The number of hydrogen-bond acceptors (Lipinski definition) is 3. The number of imidazole rings is 1. The van der Waals surface area contributed by atoms with E-state index in [4.69, 9.17) is 11.6 Å². The molecule has 3 rings (SSSR count). The molecule has 144 valence electrons. The number of nitrogens with zero attached hydrogens (tertiary/aromatic N) is 3. The highest BCUT2D eigenvalue weighted by atomic mass is 35.5. The number of amides is 1. The predicted octanol–water partition coefficient (Wildman–Crippen LogP) is 4.51. The number of rotatable bonds is 5. The Balaban J connectivity index is 1.74. The van der Waals surface area contributed by atoms with Crippen LogP contribution in [0, 0.1) is 17.1 Å². The molecule has 0 aliphatic heterocycles. The summed E-state index contributed by atoms with van der Waals surface area (Å²) in [5.41, 5.74) is 1.44. The Hall–Kier alpha value is -2.91. The highest BCUT2D eigenvalue weighted by Crippen LogP contribution is 2.27. The van der Waals surface area contributed by atoms with Gasteiger partial charge in [-0.1, -0.05) is 29.8 Å². The van der Waals surface area contributed by atoms with Gasteiger partial charge in [-0.05, 0) is 44.5 Å². The minimum absolute atomic E-state index is 0.0482. The van der Waals surface area contributed by atoms with Gasteiger partial charge >= 0.3 is 0 Å². The molecule has 0 aliphatic rings. The van der Waals surface area contributed by atoms with Crippen molar-refractivity contribution in [3.8, 4) is 6.07 Å². The summed E-state index contributed by atoms with van der Waals surface area (Å²) in [6.07, 6.45) is 1.57. The average Bonchev–Trinajstić information content (AvgIpc) is 3.05. The number of fused-ring (bicyclic) bond motifs is 1. The summed E-state index contributed by atoms with van der Waals surface area (Å²) in [4.78, 5) is 16.7. The third-order valence-corrected chi connectivity index (χ3v) is 5.03. The number of para-hydroxylation sites is 1. The minimum atomic E-state index is -0.920. The van der Waals surface area contributed by atoms with Crippen LogP contribution in [-0.4, -0.2) is 15.5 Å². The Morgan fingerprint density at radius 2 is 2.14 bits per heavy atom. The lowest BCUT2D eigenvalue weighted by molar-refractivity contribution is -0.122. The van der Waals surface area contributed by atoms with Gasteiger partial charge in [0.2, 0.25) is 5.91 Å². The molecule has 1 aromatic heterocycles. The van der Waals surface area contributed by atoms with E-state index in [1.165, 1.54) is 6.07 Å². The quantitative estimate of drug-likeness (QED) is 0.687. The average molecular weight is 399 g/mol. The first-order chi connectivity index (χ1) is 13.2. The lowest BCUT2D eigenvalue weighted by Crippen LogP contribution is -2.30. The minimum Gasteiger partial charge on any atom is -0.348 e. The molecule has 7 heteroatoms. The molecule has 0 fully saturated rings. The maximum Gasteiger partial charge on any atom is 0.240 e. The maximum atomic E-state index is 14.5. The summed E-state index contributed by atoms with van der Waals surface area (Å²) in [5.74, 6) is -0.703. The van der Waals surface area contributed by atoms with E-state index in [2.05, 4.69) is 16.4 Å². The lowest BCUT2D eigenvalue weighted by atomic mass is 9.85. The second-order valence-corrected chi connectivity index (χ2v) is 7.65. The van der Waals surface area contributed by atoms with Gasteiger partial charge < -0.3 is 9.88 Å². The van der Waals surface area contributed by atoms with Crippen LogP contribution in [0.4, 0.5) is 4.39 Å². The Morgan fingerprint density at radius 3 is 2.82 bits per heavy atom. The normalized spacial score (nSPS) is 12.6. The van der Waals surface area contributed by atoms with Crippen molar-refractivity contribution >= 4 is 28.5 Å². The SMILES string of the molecule is C[C@@H](NC(=O)Cn1cnc2cccc(Cl)c21)c1ccc(C(C)(C)C#N)c(F)c1. The molecule has 0 saturated heterocycles. The topological polar surface area (TPSA) is 70.7 Å².